The summed E-state index contributed by atoms with van der Waals surface area (Å²) in [5, 5.41) is 3.31. The van der Waals surface area contributed by atoms with Crippen molar-refractivity contribution in [2.24, 2.45) is 0 Å². The van der Waals surface area contributed by atoms with Crippen molar-refractivity contribution in [3.8, 4) is 11.5 Å². The minimum Gasteiger partial charge on any atom is -0.457 e. The standard InChI is InChI=1S/C24H19F4N3O2/c25-19-13-15(9-10-18(19)24(26,27)28)33-20-4-1-3-17-16(20)11-12-31(23(17)32)22-6-2-5-21(30-22)29-14-7-8-14/h1-6,9-10,13-14H,7-8,11-12H2,(H,29,30). The summed E-state index contributed by atoms with van der Waals surface area (Å²) in [6, 6.07) is 13.2. The first kappa shape index (κ1) is 21.2. The first-order valence-corrected chi connectivity index (χ1v) is 10.5. The van der Waals surface area contributed by atoms with E-state index in [9.17, 15) is 22.4 Å². The van der Waals surface area contributed by atoms with Crippen molar-refractivity contribution in [2.45, 2.75) is 31.5 Å². The van der Waals surface area contributed by atoms with Gasteiger partial charge in [0.25, 0.3) is 5.91 Å². The van der Waals surface area contributed by atoms with Crippen LogP contribution in [0.4, 0.5) is 29.2 Å². The first-order chi connectivity index (χ1) is 15.8. The molecule has 33 heavy (non-hydrogen) atoms. The van der Waals surface area contributed by atoms with Crippen LogP contribution in [-0.4, -0.2) is 23.5 Å². The summed E-state index contributed by atoms with van der Waals surface area (Å²) in [5.41, 5.74) is -0.332. The third kappa shape index (κ3) is 4.35. The van der Waals surface area contributed by atoms with E-state index in [1.165, 1.54) is 0 Å². The number of amides is 1. The number of alkyl halides is 3. The highest BCUT2D eigenvalue weighted by Crippen LogP contribution is 2.36. The lowest BCUT2D eigenvalue weighted by molar-refractivity contribution is -0.140. The first-order valence-electron chi connectivity index (χ1n) is 10.5. The third-order valence-corrected chi connectivity index (χ3v) is 5.61. The summed E-state index contributed by atoms with van der Waals surface area (Å²) in [5.74, 6) is -0.197. The van der Waals surface area contributed by atoms with Crippen molar-refractivity contribution in [1.29, 1.82) is 0 Å². The Bertz CT molecular complexity index is 1220. The van der Waals surface area contributed by atoms with Gasteiger partial charge in [-0.2, -0.15) is 13.2 Å². The van der Waals surface area contributed by atoms with E-state index in [0.717, 1.165) is 24.7 Å². The Hall–Kier alpha value is -3.62. The number of hydrogen-bond donors (Lipinski definition) is 1. The van der Waals surface area contributed by atoms with Crippen LogP contribution in [0.2, 0.25) is 0 Å². The van der Waals surface area contributed by atoms with E-state index in [0.29, 0.717) is 53.8 Å². The number of aromatic nitrogens is 1. The van der Waals surface area contributed by atoms with Gasteiger partial charge in [-0.1, -0.05) is 12.1 Å². The van der Waals surface area contributed by atoms with Gasteiger partial charge >= 0.3 is 6.18 Å². The molecule has 2 aliphatic rings. The molecule has 1 aliphatic carbocycles. The second-order valence-corrected chi connectivity index (χ2v) is 8.03. The zero-order valence-electron chi connectivity index (χ0n) is 17.3. The zero-order valence-corrected chi connectivity index (χ0v) is 17.3. The smallest absolute Gasteiger partial charge is 0.419 e. The number of halogens is 4. The number of benzene rings is 2. The molecule has 2 aromatic carbocycles. The summed E-state index contributed by atoms with van der Waals surface area (Å²) in [4.78, 5) is 19.3. The molecule has 1 saturated carbocycles. The normalized spacial score (nSPS) is 15.9. The Morgan fingerprint density at radius 2 is 1.85 bits per heavy atom. The molecule has 1 N–H and O–H groups in total. The van der Waals surface area contributed by atoms with Crippen LogP contribution < -0.4 is 15.0 Å². The zero-order chi connectivity index (χ0) is 23.2. The van der Waals surface area contributed by atoms with Crippen LogP contribution in [0, 0.1) is 5.82 Å². The highest BCUT2D eigenvalue weighted by Gasteiger charge is 2.34. The number of pyridine rings is 1. The Morgan fingerprint density at radius 3 is 2.58 bits per heavy atom. The predicted molar refractivity (Wildman–Crippen MR) is 114 cm³/mol. The molecule has 5 nitrogen and oxygen atoms in total. The molecule has 0 bridgehead atoms. The highest BCUT2D eigenvalue weighted by molar-refractivity contribution is 6.08. The van der Waals surface area contributed by atoms with Crippen molar-refractivity contribution in [3.63, 3.8) is 0 Å². The number of carbonyl (C=O) groups excluding carboxylic acids is 1. The Labute approximate surface area is 187 Å². The monoisotopic (exact) mass is 457 g/mol. The van der Waals surface area contributed by atoms with E-state index in [2.05, 4.69) is 10.3 Å². The van der Waals surface area contributed by atoms with Gasteiger partial charge in [0.15, 0.2) is 0 Å². The molecule has 9 heteroatoms. The van der Waals surface area contributed by atoms with Crippen LogP contribution in [0.1, 0.15) is 34.3 Å². The van der Waals surface area contributed by atoms with Gasteiger partial charge in [0.1, 0.15) is 29.0 Å². The number of hydrogen-bond acceptors (Lipinski definition) is 4. The fourth-order valence-corrected chi connectivity index (χ4v) is 3.82. The van der Waals surface area contributed by atoms with Gasteiger partial charge in [-0.3, -0.25) is 9.69 Å². The Balaban J connectivity index is 1.39. The topological polar surface area (TPSA) is 54.5 Å². The number of anilines is 2. The van der Waals surface area contributed by atoms with E-state index in [1.807, 2.05) is 12.1 Å². The molecule has 1 aromatic heterocycles. The van der Waals surface area contributed by atoms with E-state index in [1.54, 1.807) is 29.2 Å². The molecule has 0 atom stereocenters. The molecule has 3 aromatic rings. The van der Waals surface area contributed by atoms with Gasteiger partial charge < -0.3 is 10.1 Å². The van der Waals surface area contributed by atoms with Gasteiger partial charge in [0, 0.05) is 29.8 Å². The third-order valence-electron chi connectivity index (χ3n) is 5.61. The van der Waals surface area contributed by atoms with Gasteiger partial charge in [-0.15, -0.1) is 0 Å². The van der Waals surface area contributed by atoms with E-state index < -0.39 is 17.6 Å². The van der Waals surface area contributed by atoms with E-state index >= 15 is 0 Å². The van der Waals surface area contributed by atoms with E-state index in [-0.39, 0.29) is 11.7 Å². The van der Waals surface area contributed by atoms with Crippen LogP contribution in [0.5, 0.6) is 11.5 Å². The Morgan fingerprint density at radius 1 is 1.06 bits per heavy atom. The molecule has 2 heterocycles. The van der Waals surface area contributed by atoms with Gasteiger partial charge in [0.05, 0.1) is 5.56 Å². The van der Waals surface area contributed by atoms with Crippen LogP contribution in [0.3, 0.4) is 0 Å². The maximum Gasteiger partial charge on any atom is 0.419 e. The molecule has 1 amide bonds. The van der Waals surface area contributed by atoms with Crippen LogP contribution in [0.15, 0.2) is 54.6 Å². The quantitative estimate of drug-likeness (QED) is 0.492. The average molecular weight is 457 g/mol. The van der Waals surface area contributed by atoms with Gasteiger partial charge in [0.2, 0.25) is 0 Å². The largest absolute Gasteiger partial charge is 0.457 e. The number of rotatable bonds is 5. The Kier molecular flexibility index (Phi) is 5.19. The summed E-state index contributed by atoms with van der Waals surface area (Å²) in [6.07, 6.45) is -2.13. The van der Waals surface area contributed by atoms with Crippen molar-refractivity contribution < 1.29 is 27.1 Å². The van der Waals surface area contributed by atoms with Gasteiger partial charge in [-0.25, -0.2) is 9.37 Å². The minimum atomic E-state index is -4.79. The predicted octanol–water partition coefficient (Wildman–Crippen LogP) is 5.81. The van der Waals surface area contributed by atoms with Crippen molar-refractivity contribution in [3.05, 3.63) is 77.1 Å². The van der Waals surface area contributed by atoms with Crippen LogP contribution >= 0.6 is 0 Å². The molecule has 170 valence electrons. The van der Waals surface area contributed by atoms with Crippen molar-refractivity contribution in [2.75, 3.05) is 16.8 Å². The number of ether oxygens (including phenoxy) is 1. The minimum absolute atomic E-state index is 0.0794. The molecule has 1 fully saturated rings. The second kappa shape index (κ2) is 8.06. The SMILES string of the molecule is O=C1c2cccc(Oc3ccc(C(F)(F)F)c(F)c3)c2CCN1c1cccc(NC2CC2)n1. The summed E-state index contributed by atoms with van der Waals surface area (Å²) in [6.45, 7) is 0.355. The average Bonchev–Trinajstić information content (AvgIpc) is 3.58. The summed E-state index contributed by atoms with van der Waals surface area (Å²) < 4.78 is 58.0. The van der Waals surface area contributed by atoms with Gasteiger partial charge in [-0.05, 0) is 55.7 Å². The molecule has 5 rings (SSSR count). The fourth-order valence-electron chi connectivity index (χ4n) is 3.82. The van der Waals surface area contributed by atoms with E-state index in [4.69, 9.17) is 4.74 Å². The number of carbonyl (C=O) groups is 1. The second-order valence-electron chi connectivity index (χ2n) is 8.03. The lowest BCUT2D eigenvalue weighted by Crippen LogP contribution is -2.38. The lowest BCUT2D eigenvalue weighted by Gasteiger charge is -2.29. The molecule has 0 radical (unpaired) electrons. The summed E-state index contributed by atoms with van der Waals surface area (Å²) in [7, 11) is 0. The maximum absolute atomic E-state index is 13.9. The number of fused-ring (bicyclic) bond motifs is 1. The highest BCUT2D eigenvalue weighted by atomic mass is 19.4. The van der Waals surface area contributed by atoms with Crippen molar-refractivity contribution >= 4 is 17.5 Å². The van der Waals surface area contributed by atoms with Crippen molar-refractivity contribution in [1.82, 2.24) is 4.98 Å². The van der Waals surface area contributed by atoms with Crippen LogP contribution in [0.25, 0.3) is 0 Å². The molecule has 0 unspecified atom stereocenters. The van der Waals surface area contributed by atoms with Crippen LogP contribution in [-0.2, 0) is 12.6 Å². The molecule has 1 aliphatic heterocycles. The summed E-state index contributed by atoms with van der Waals surface area (Å²) >= 11 is 0. The molecular weight excluding hydrogens is 438 g/mol. The number of nitrogens with zero attached hydrogens (tertiary/aromatic N) is 2. The molecule has 0 saturated heterocycles. The number of nitrogens with one attached hydrogen (secondary N) is 1. The molecular formula is C24H19F4N3O2. The maximum atomic E-state index is 13.9. The fraction of sp³-hybridized carbons (Fsp3) is 0.250. The molecule has 0 spiro atoms. The lowest BCUT2D eigenvalue weighted by atomic mass is 9.98.